The molecule has 118 valence electrons. The number of Topliss-reactive ketones (excluding diaryl/α,β-unsaturated/α-hetero) is 1. The molecule has 21 heavy (non-hydrogen) atoms. The van der Waals surface area contributed by atoms with E-state index in [-0.39, 0.29) is 5.78 Å². The molecule has 3 heteroatoms. The van der Waals surface area contributed by atoms with E-state index in [4.69, 9.17) is 4.74 Å². The van der Waals surface area contributed by atoms with Gasteiger partial charge in [-0.15, -0.1) is 0 Å². The molecule has 0 fully saturated rings. The first-order valence-electron chi connectivity index (χ1n) is 8.10. The van der Waals surface area contributed by atoms with Crippen molar-refractivity contribution in [3.05, 3.63) is 29.8 Å². The van der Waals surface area contributed by atoms with E-state index in [1.165, 1.54) is 38.5 Å². The van der Waals surface area contributed by atoms with Gasteiger partial charge in [-0.05, 0) is 37.1 Å². The van der Waals surface area contributed by atoms with Crippen LogP contribution in [0.5, 0.6) is 5.75 Å². The Kier molecular flexibility index (Phi) is 10.2. The van der Waals surface area contributed by atoms with Gasteiger partial charge in [-0.2, -0.15) is 0 Å². The van der Waals surface area contributed by atoms with E-state index in [2.05, 4.69) is 15.9 Å². The summed E-state index contributed by atoms with van der Waals surface area (Å²) in [6.45, 7) is 2.65. The number of alkyl halides is 1. The maximum atomic E-state index is 11.5. The van der Waals surface area contributed by atoms with Gasteiger partial charge in [-0.1, -0.05) is 55.0 Å². The third-order valence-corrected chi connectivity index (χ3v) is 4.10. The molecule has 0 saturated carbocycles. The second-order valence-corrected chi connectivity index (χ2v) is 6.11. The number of carbonyl (C=O) groups excluding carboxylic acids is 1. The van der Waals surface area contributed by atoms with Gasteiger partial charge in [0, 0.05) is 17.3 Å². The number of benzene rings is 1. The zero-order valence-corrected chi connectivity index (χ0v) is 14.7. The minimum absolute atomic E-state index is 0.182. The highest BCUT2D eigenvalue weighted by atomic mass is 79.9. The second kappa shape index (κ2) is 11.8. The van der Waals surface area contributed by atoms with Gasteiger partial charge in [-0.3, -0.25) is 4.79 Å². The molecular weight excluding hydrogens is 328 g/mol. The molecule has 0 aliphatic heterocycles. The van der Waals surface area contributed by atoms with E-state index >= 15 is 0 Å². The first-order chi connectivity index (χ1) is 10.3. The summed E-state index contributed by atoms with van der Waals surface area (Å²) in [4.78, 5) is 11.5. The Morgan fingerprint density at radius 2 is 1.52 bits per heavy atom. The van der Waals surface area contributed by atoms with E-state index in [0.29, 0.717) is 6.42 Å². The minimum Gasteiger partial charge on any atom is -0.494 e. The highest BCUT2D eigenvalue weighted by molar-refractivity contribution is 9.09. The van der Waals surface area contributed by atoms with Gasteiger partial charge in [0.05, 0.1) is 6.61 Å². The van der Waals surface area contributed by atoms with Crippen LogP contribution >= 0.6 is 15.9 Å². The van der Waals surface area contributed by atoms with Crippen molar-refractivity contribution in [3.8, 4) is 5.75 Å². The maximum Gasteiger partial charge on any atom is 0.162 e. The predicted molar refractivity (Wildman–Crippen MR) is 92.7 cm³/mol. The molecule has 1 rings (SSSR count). The Bertz CT molecular complexity index is 387. The lowest BCUT2D eigenvalue weighted by atomic mass is 10.1. The topological polar surface area (TPSA) is 26.3 Å². The lowest BCUT2D eigenvalue weighted by Gasteiger charge is -2.07. The predicted octanol–water partition coefficient (Wildman–Crippen LogP) is 5.78. The van der Waals surface area contributed by atoms with Crippen LogP contribution in [0.3, 0.4) is 0 Å². The summed E-state index contributed by atoms with van der Waals surface area (Å²) in [6, 6.07) is 7.49. The van der Waals surface area contributed by atoms with Crippen molar-refractivity contribution < 1.29 is 9.53 Å². The summed E-state index contributed by atoms with van der Waals surface area (Å²) in [7, 11) is 0. The van der Waals surface area contributed by atoms with Crippen LogP contribution in [0.1, 0.15) is 68.6 Å². The molecule has 0 unspecified atom stereocenters. The van der Waals surface area contributed by atoms with Crippen molar-refractivity contribution >= 4 is 21.7 Å². The fourth-order valence-corrected chi connectivity index (χ4v) is 2.61. The molecule has 0 spiro atoms. The quantitative estimate of drug-likeness (QED) is 0.270. The Morgan fingerprint density at radius 3 is 2.10 bits per heavy atom. The summed E-state index contributed by atoms with van der Waals surface area (Å²) >= 11 is 3.46. The third kappa shape index (κ3) is 8.25. The molecule has 0 saturated heterocycles. The van der Waals surface area contributed by atoms with E-state index in [9.17, 15) is 4.79 Å². The molecule has 0 N–H and O–H groups in total. The molecular formula is C18H27BrO2. The summed E-state index contributed by atoms with van der Waals surface area (Å²) in [5.41, 5.74) is 0.772. The van der Waals surface area contributed by atoms with Gasteiger partial charge in [0.25, 0.3) is 0 Å². The standard InChI is InChI=1S/C18H27BrO2/c1-2-18(20)16-10-12-17(13-11-16)21-15-9-7-5-3-4-6-8-14-19/h10-13H,2-9,14-15H2,1H3. The lowest BCUT2D eigenvalue weighted by molar-refractivity contribution is 0.0988. The summed E-state index contributed by atoms with van der Waals surface area (Å²) < 4.78 is 5.70. The molecule has 1 aromatic carbocycles. The van der Waals surface area contributed by atoms with Crippen LogP contribution in [0.4, 0.5) is 0 Å². The molecule has 0 amide bonds. The Labute approximate surface area is 137 Å². The van der Waals surface area contributed by atoms with Crippen molar-refractivity contribution in [2.75, 3.05) is 11.9 Å². The monoisotopic (exact) mass is 354 g/mol. The van der Waals surface area contributed by atoms with Gasteiger partial charge in [0.1, 0.15) is 5.75 Å². The molecule has 2 nitrogen and oxygen atoms in total. The largest absolute Gasteiger partial charge is 0.494 e. The fourth-order valence-electron chi connectivity index (χ4n) is 2.21. The van der Waals surface area contributed by atoms with Crippen LogP contribution in [-0.4, -0.2) is 17.7 Å². The van der Waals surface area contributed by atoms with Crippen LogP contribution in [-0.2, 0) is 0 Å². The Balaban J connectivity index is 2.06. The number of halogens is 1. The number of unbranched alkanes of at least 4 members (excludes halogenated alkanes) is 6. The van der Waals surface area contributed by atoms with Crippen LogP contribution in [0.2, 0.25) is 0 Å². The van der Waals surface area contributed by atoms with Crippen LogP contribution < -0.4 is 4.74 Å². The van der Waals surface area contributed by atoms with Crippen LogP contribution in [0.25, 0.3) is 0 Å². The summed E-state index contributed by atoms with van der Waals surface area (Å²) in [6.07, 6.45) is 9.50. The third-order valence-electron chi connectivity index (χ3n) is 3.54. The van der Waals surface area contributed by atoms with Gasteiger partial charge in [0.2, 0.25) is 0 Å². The molecule has 0 bridgehead atoms. The van der Waals surface area contributed by atoms with Crippen molar-refractivity contribution in [3.63, 3.8) is 0 Å². The second-order valence-electron chi connectivity index (χ2n) is 5.31. The Morgan fingerprint density at radius 1 is 0.952 bits per heavy atom. The average Bonchev–Trinajstić information content (AvgIpc) is 2.53. The van der Waals surface area contributed by atoms with Crippen molar-refractivity contribution in [1.82, 2.24) is 0 Å². The molecule has 0 aromatic heterocycles. The molecule has 0 aliphatic carbocycles. The lowest BCUT2D eigenvalue weighted by Crippen LogP contribution is -1.99. The van der Waals surface area contributed by atoms with Crippen LogP contribution in [0.15, 0.2) is 24.3 Å². The van der Waals surface area contributed by atoms with Gasteiger partial charge in [0.15, 0.2) is 5.78 Å². The molecule has 0 aliphatic rings. The smallest absolute Gasteiger partial charge is 0.162 e. The molecule has 1 aromatic rings. The average molecular weight is 355 g/mol. The zero-order chi connectivity index (χ0) is 15.3. The first kappa shape index (κ1) is 18.2. The van der Waals surface area contributed by atoms with E-state index in [0.717, 1.165) is 29.7 Å². The highest BCUT2D eigenvalue weighted by Crippen LogP contribution is 2.14. The number of ether oxygens (including phenoxy) is 1. The van der Waals surface area contributed by atoms with Gasteiger partial charge in [-0.25, -0.2) is 0 Å². The minimum atomic E-state index is 0.182. The fraction of sp³-hybridized carbons (Fsp3) is 0.611. The maximum absolute atomic E-state index is 11.5. The zero-order valence-electron chi connectivity index (χ0n) is 13.1. The number of hydrogen-bond donors (Lipinski definition) is 0. The highest BCUT2D eigenvalue weighted by Gasteiger charge is 2.02. The van der Waals surface area contributed by atoms with Crippen molar-refractivity contribution in [2.45, 2.75) is 58.3 Å². The number of hydrogen-bond acceptors (Lipinski definition) is 2. The number of rotatable bonds is 12. The Hall–Kier alpha value is -0.830. The number of carbonyl (C=O) groups is 1. The first-order valence-corrected chi connectivity index (χ1v) is 9.22. The normalized spacial score (nSPS) is 10.6. The van der Waals surface area contributed by atoms with Crippen LogP contribution in [0, 0.1) is 0 Å². The molecule has 0 atom stereocenters. The van der Waals surface area contributed by atoms with Crippen molar-refractivity contribution in [1.29, 1.82) is 0 Å². The molecule has 0 radical (unpaired) electrons. The summed E-state index contributed by atoms with van der Waals surface area (Å²) in [5.74, 6) is 1.04. The van der Waals surface area contributed by atoms with Gasteiger partial charge < -0.3 is 4.74 Å². The molecule has 0 heterocycles. The van der Waals surface area contributed by atoms with E-state index in [1.807, 2.05) is 31.2 Å². The van der Waals surface area contributed by atoms with Crippen molar-refractivity contribution in [2.24, 2.45) is 0 Å². The SMILES string of the molecule is CCC(=O)c1ccc(OCCCCCCCCCBr)cc1. The van der Waals surface area contributed by atoms with E-state index in [1.54, 1.807) is 0 Å². The van der Waals surface area contributed by atoms with E-state index < -0.39 is 0 Å². The number of ketones is 1. The van der Waals surface area contributed by atoms with Gasteiger partial charge >= 0.3 is 0 Å². The summed E-state index contributed by atoms with van der Waals surface area (Å²) in [5, 5.41) is 1.13.